The van der Waals surface area contributed by atoms with Gasteiger partial charge in [-0.15, -0.1) is 0 Å². The first-order chi connectivity index (χ1) is 8.58. The minimum atomic E-state index is 0.0423. The summed E-state index contributed by atoms with van der Waals surface area (Å²) in [5.41, 5.74) is 8.15. The van der Waals surface area contributed by atoms with Crippen LogP contribution in [0.1, 0.15) is 44.7 Å². The monoisotopic (exact) mass is 266 g/mol. The zero-order chi connectivity index (χ0) is 13.1. The van der Waals surface area contributed by atoms with E-state index in [-0.39, 0.29) is 6.04 Å². The van der Waals surface area contributed by atoms with E-state index in [1.54, 1.807) is 0 Å². The van der Waals surface area contributed by atoms with E-state index in [0.29, 0.717) is 0 Å². The lowest BCUT2D eigenvalue weighted by Crippen LogP contribution is -2.24. The largest absolute Gasteiger partial charge is 0.370 e. The predicted molar refractivity (Wildman–Crippen MR) is 79.3 cm³/mol. The number of nitrogens with two attached hydrogens (primary N) is 1. The zero-order valence-corrected chi connectivity index (χ0v) is 12.1. The highest BCUT2D eigenvalue weighted by Gasteiger charge is 2.16. The van der Waals surface area contributed by atoms with Gasteiger partial charge in [0.1, 0.15) is 0 Å². The molecule has 1 unspecified atom stereocenters. The maximum absolute atomic E-state index is 6.40. The number of benzene rings is 1. The summed E-state index contributed by atoms with van der Waals surface area (Å²) in [6, 6.07) is 6.27. The Labute approximate surface area is 115 Å². The summed E-state index contributed by atoms with van der Waals surface area (Å²) >= 11 is 6.40. The van der Waals surface area contributed by atoms with Gasteiger partial charge in [0, 0.05) is 19.1 Å². The number of anilines is 1. The number of nitrogens with zero attached hydrogens (tertiary/aromatic N) is 1. The molecule has 2 atom stereocenters. The van der Waals surface area contributed by atoms with Gasteiger partial charge in [-0.25, -0.2) is 0 Å². The van der Waals surface area contributed by atoms with Crippen molar-refractivity contribution in [3.05, 3.63) is 28.8 Å². The summed E-state index contributed by atoms with van der Waals surface area (Å²) < 4.78 is 0. The van der Waals surface area contributed by atoms with Crippen LogP contribution in [0, 0.1) is 5.92 Å². The van der Waals surface area contributed by atoms with Gasteiger partial charge in [-0.2, -0.15) is 0 Å². The predicted octanol–water partition coefficient (Wildman–Crippen LogP) is 3.99. The molecule has 1 aromatic carbocycles. The van der Waals surface area contributed by atoms with Crippen LogP contribution in [0.5, 0.6) is 0 Å². The van der Waals surface area contributed by atoms with Crippen LogP contribution < -0.4 is 10.6 Å². The lowest BCUT2D eigenvalue weighted by Gasteiger charge is -2.24. The van der Waals surface area contributed by atoms with Crippen molar-refractivity contribution in [1.29, 1.82) is 0 Å². The molecule has 0 radical (unpaired) electrons. The average Bonchev–Trinajstić information content (AvgIpc) is 2.54. The van der Waals surface area contributed by atoms with E-state index in [1.807, 2.05) is 13.0 Å². The van der Waals surface area contributed by atoms with Gasteiger partial charge in [0.05, 0.1) is 10.7 Å². The molecule has 2 nitrogen and oxygen atoms in total. The molecular formula is C15H23ClN2. The normalized spacial score (nSPS) is 22.7. The van der Waals surface area contributed by atoms with E-state index in [2.05, 4.69) is 24.0 Å². The lowest BCUT2D eigenvalue weighted by molar-refractivity contribution is 0.521. The molecule has 0 aliphatic carbocycles. The van der Waals surface area contributed by atoms with Crippen molar-refractivity contribution in [3.8, 4) is 0 Å². The third-order valence-corrected chi connectivity index (χ3v) is 4.16. The fourth-order valence-corrected chi connectivity index (χ4v) is 2.88. The van der Waals surface area contributed by atoms with Gasteiger partial charge in [-0.05, 0) is 49.8 Å². The van der Waals surface area contributed by atoms with Crippen molar-refractivity contribution < 1.29 is 0 Å². The van der Waals surface area contributed by atoms with Crippen LogP contribution in [-0.4, -0.2) is 13.1 Å². The highest BCUT2D eigenvalue weighted by atomic mass is 35.5. The van der Waals surface area contributed by atoms with Crippen LogP contribution in [0.4, 0.5) is 5.69 Å². The van der Waals surface area contributed by atoms with Crippen molar-refractivity contribution in [2.24, 2.45) is 11.7 Å². The maximum atomic E-state index is 6.40. The topological polar surface area (TPSA) is 29.3 Å². The van der Waals surface area contributed by atoms with Crippen molar-refractivity contribution in [1.82, 2.24) is 0 Å². The van der Waals surface area contributed by atoms with E-state index in [1.165, 1.54) is 19.3 Å². The SMILES string of the molecule is CC1CCCN(c2ccc([C@H](C)N)cc2Cl)CC1. The van der Waals surface area contributed by atoms with E-state index >= 15 is 0 Å². The van der Waals surface area contributed by atoms with Crippen LogP contribution in [0.3, 0.4) is 0 Å². The Kier molecular flexibility index (Phi) is 4.52. The Morgan fingerprint density at radius 2 is 2.11 bits per heavy atom. The molecule has 0 bridgehead atoms. The average molecular weight is 267 g/mol. The standard InChI is InChI=1S/C15H23ClN2/c1-11-4-3-8-18(9-7-11)15-6-5-13(12(2)17)10-14(15)16/h5-6,10-12H,3-4,7-9,17H2,1-2H3/t11?,12-/m0/s1. The minimum Gasteiger partial charge on any atom is -0.370 e. The molecule has 100 valence electrons. The number of rotatable bonds is 2. The van der Waals surface area contributed by atoms with E-state index < -0.39 is 0 Å². The molecule has 2 rings (SSSR count). The molecule has 0 spiro atoms. The summed E-state index contributed by atoms with van der Waals surface area (Å²) in [4.78, 5) is 2.41. The molecule has 1 aromatic rings. The molecule has 0 saturated carbocycles. The van der Waals surface area contributed by atoms with Gasteiger partial charge < -0.3 is 10.6 Å². The van der Waals surface area contributed by atoms with Gasteiger partial charge in [-0.1, -0.05) is 24.6 Å². The van der Waals surface area contributed by atoms with Gasteiger partial charge in [0.2, 0.25) is 0 Å². The number of hydrogen-bond donors (Lipinski definition) is 1. The summed E-state index contributed by atoms with van der Waals surface area (Å²) in [6.07, 6.45) is 3.84. The Morgan fingerprint density at radius 1 is 1.33 bits per heavy atom. The van der Waals surface area contributed by atoms with Crippen LogP contribution in [0.15, 0.2) is 18.2 Å². The third-order valence-electron chi connectivity index (χ3n) is 3.85. The van der Waals surface area contributed by atoms with Crippen molar-refractivity contribution >= 4 is 17.3 Å². The Balaban J connectivity index is 2.17. The molecular weight excluding hydrogens is 244 g/mol. The molecule has 1 heterocycles. The fourth-order valence-electron chi connectivity index (χ4n) is 2.57. The second kappa shape index (κ2) is 5.94. The second-order valence-corrected chi connectivity index (χ2v) is 5.93. The highest BCUT2D eigenvalue weighted by Crippen LogP contribution is 2.31. The zero-order valence-electron chi connectivity index (χ0n) is 11.3. The quantitative estimate of drug-likeness (QED) is 0.877. The molecule has 1 saturated heterocycles. The van der Waals surface area contributed by atoms with Gasteiger partial charge in [0.25, 0.3) is 0 Å². The molecule has 1 fully saturated rings. The highest BCUT2D eigenvalue weighted by molar-refractivity contribution is 6.33. The molecule has 2 N–H and O–H groups in total. The smallest absolute Gasteiger partial charge is 0.0642 e. The first-order valence-electron chi connectivity index (χ1n) is 6.88. The van der Waals surface area contributed by atoms with Gasteiger partial charge in [0.15, 0.2) is 0 Å². The number of halogens is 1. The Hall–Kier alpha value is -0.730. The summed E-state index contributed by atoms with van der Waals surface area (Å²) in [6.45, 7) is 6.54. The first kappa shape index (κ1) is 13.7. The van der Waals surface area contributed by atoms with Crippen molar-refractivity contribution in [2.75, 3.05) is 18.0 Å². The summed E-state index contributed by atoms with van der Waals surface area (Å²) in [7, 11) is 0. The summed E-state index contributed by atoms with van der Waals surface area (Å²) in [5, 5.41) is 0.833. The fraction of sp³-hybridized carbons (Fsp3) is 0.600. The van der Waals surface area contributed by atoms with Crippen LogP contribution in [0.25, 0.3) is 0 Å². The Bertz CT molecular complexity index is 403. The van der Waals surface area contributed by atoms with Gasteiger partial charge >= 0.3 is 0 Å². The van der Waals surface area contributed by atoms with E-state index in [4.69, 9.17) is 17.3 Å². The summed E-state index contributed by atoms with van der Waals surface area (Å²) in [5.74, 6) is 0.831. The molecule has 0 aromatic heterocycles. The molecule has 1 aliphatic heterocycles. The van der Waals surface area contributed by atoms with Crippen LogP contribution in [-0.2, 0) is 0 Å². The van der Waals surface area contributed by atoms with Crippen molar-refractivity contribution in [2.45, 2.75) is 39.2 Å². The molecule has 0 amide bonds. The maximum Gasteiger partial charge on any atom is 0.0642 e. The third kappa shape index (κ3) is 3.18. The van der Waals surface area contributed by atoms with Crippen LogP contribution in [0.2, 0.25) is 5.02 Å². The van der Waals surface area contributed by atoms with Gasteiger partial charge in [-0.3, -0.25) is 0 Å². The molecule has 1 aliphatic rings. The van der Waals surface area contributed by atoms with E-state index in [0.717, 1.165) is 35.3 Å². The minimum absolute atomic E-state index is 0.0423. The molecule has 18 heavy (non-hydrogen) atoms. The Morgan fingerprint density at radius 3 is 2.78 bits per heavy atom. The number of hydrogen-bond acceptors (Lipinski definition) is 2. The van der Waals surface area contributed by atoms with Crippen molar-refractivity contribution in [3.63, 3.8) is 0 Å². The first-order valence-corrected chi connectivity index (χ1v) is 7.25. The lowest BCUT2D eigenvalue weighted by atomic mass is 10.0. The molecule has 3 heteroatoms. The second-order valence-electron chi connectivity index (χ2n) is 5.52. The van der Waals surface area contributed by atoms with Crippen LogP contribution >= 0.6 is 11.6 Å². The van der Waals surface area contributed by atoms with E-state index in [9.17, 15) is 0 Å².